The van der Waals surface area contributed by atoms with E-state index in [0.717, 1.165) is 161 Å². The maximum atomic E-state index is 5.81. The number of aliphatic imine (C=N–C) groups is 4. The molecule has 2 aliphatic carbocycles. The summed E-state index contributed by atoms with van der Waals surface area (Å²) in [6.45, 7) is 39.0. The van der Waals surface area contributed by atoms with Crippen molar-refractivity contribution in [3.63, 3.8) is 0 Å². The Morgan fingerprint density at radius 3 is 0.625 bits per heavy atom. The van der Waals surface area contributed by atoms with Crippen molar-refractivity contribution in [2.75, 3.05) is 13.2 Å². The molecule has 7 aliphatic heterocycles. The molecule has 4 atom stereocenters. The van der Waals surface area contributed by atoms with Crippen LogP contribution in [0.25, 0.3) is 0 Å². The summed E-state index contributed by atoms with van der Waals surface area (Å²) < 4.78 is 4.94. The van der Waals surface area contributed by atoms with Gasteiger partial charge in [-0.2, -0.15) is 45.6 Å². The van der Waals surface area contributed by atoms with Gasteiger partial charge >= 0.3 is 18.9 Å². The topological polar surface area (TPSA) is 145 Å². The molecule has 13 rings (SSSR count). The van der Waals surface area contributed by atoms with Gasteiger partial charge < -0.3 is 30.1 Å². The summed E-state index contributed by atoms with van der Waals surface area (Å²) in [5.74, 6) is 0. The first-order valence-corrected chi connectivity index (χ1v) is 34.4. The third kappa shape index (κ3) is 8.53. The molecule has 11 heterocycles. The number of hydrogen-bond donors (Lipinski definition) is 0. The van der Waals surface area contributed by atoms with Crippen LogP contribution < -0.4 is 38.8 Å². The van der Waals surface area contributed by atoms with E-state index in [1.165, 1.54) is 35.7 Å². The quantitative estimate of drug-likeness (QED) is 0.102. The van der Waals surface area contributed by atoms with Gasteiger partial charge in [-0.25, -0.2) is 0 Å². The summed E-state index contributed by atoms with van der Waals surface area (Å²) in [5, 5.41) is 0. The van der Waals surface area contributed by atoms with Crippen molar-refractivity contribution < 1.29 is 50.1 Å². The van der Waals surface area contributed by atoms with Crippen LogP contribution in [0.15, 0.2) is 117 Å². The summed E-state index contributed by atoms with van der Waals surface area (Å²) in [6, 6.07) is 18.2. The number of nitrogens with zero attached hydrogens (tertiary/aromatic N) is 8. The van der Waals surface area contributed by atoms with Crippen LogP contribution >= 0.6 is 0 Å². The third-order valence-corrected chi connectivity index (χ3v) is 26.0. The average molecular weight is 1350 g/mol. The Kier molecular flexibility index (Phi) is 19.9. The fraction of sp³-hybridized carbons (Fsp3) is 0.632. The Labute approximate surface area is 556 Å². The molecule has 472 valence electrons. The van der Waals surface area contributed by atoms with Crippen molar-refractivity contribution in [2.45, 2.75) is 270 Å². The maximum Gasteiger partial charge on any atom is 1.00 e. The Bertz CT molecular complexity index is 2860. The number of aromatic nitrogens is 4. The molecule has 10 nitrogen and oxygen atoms in total. The van der Waals surface area contributed by atoms with Crippen molar-refractivity contribution in [2.24, 2.45) is 41.6 Å². The summed E-state index contributed by atoms with van der Waals surface area (Å²) >= 11 is 0. The number of allylic oxidation sites excluding steroid dienone is 4. The van der Waals surface area contributed by atoms with Crippen LogP contribution in [0.4, 0.5) is 0 Å². The van der Waals surface area contributed by atoms with Crippen LogP contribution in [0.1, 0.15) is 272 Å². The van der Waals surface area contributed by atoms with Gasteiger partial charge in [0.2, 0.25) is 0 Å². The molecule has 3 fully saturated rings. The van der Waals surface area contributed by atoms with E-state index in [1.807, 2.05) is 0 Å². The first-order chi connectivity index (χ1) is 41.1. The first-order valence-electron chi connectivity index (χ1n) is 34.4. The second kappa shape index (κ2) is 25.1. The summed E-state index contributed by atoms with van der Waals surface area (Å²) in [7, 11) is 0. The molecule has 88 heavy (non-hydrogen) atoms. The second-order valence-corrected chi connectivity index (χ2v) is 26.9. The minimum atomic E-state index is -0.308. The van der Waals surface area contributed by atoms with Crippen molar-refractivity contribution in [3.05, 3.63) is 143 Å². The van der Waals surface area contributed by atoms with Gasteiger partial charge in [-0.1, -0.05) is 184 Å². The zero-order valence-corrected chi connectivity index (χ0v) is 60.2. The average Bonchev–Trinajstić information content (AvgIpc) is 1.45. The molecule has 0 amide bonds. The van der Waals surface area contributed by atoms with Crippen LogP contribution in [0.3, 0.4) is 0 Å². The molecule has 1 N–H and O–H groups in total. The van der Waals surface area contributed by atoms with Crippen molar-refractivity contribution >= 4 is 22.8 Å². The van der Waals surface area contributed by atoms with Crippen LogP contribution in [-0.4, -0.2) is 63.7 Å². The molecule has 4 aromatic rings. The Hall–Kier alpha value is -4.03. The molecule has 16 bridgehead atoms. The van der Waals surface area contributed by atoms with E-state index in [4.69, 9.17) is 44.6 Å². The van der Waals surface area contributed by atoms with Gasteiger partial charge in [-0.3, -0.25) is 20.0 Å². The SMILES string of the molecule is C1CCOC1.CCC1(CC)C2=NC3(C=C2)C(CC)(CC)C32C=CC(=N2)C(CC)(CC)C2=NC3(C=C2)C(CC)(CC)C32C=CC1=N2.CCC1(CC)c2ccc([n-]2)C(CC)(CC)c2ccc([n-]2)C(CC)(CC)c2ccc([n-]2)C(CC)(CC)c2ccc1[n-]2.[Li+].[OH-].[W]. The fourth-order valence-electron chi connectivity index (χ4n) is 19.6. The van der Waals surface area contributed by atoms with Gasteiger partial charge in [-0.15, -0.1) is 0 Å². The van der Waals surface area contributed by atoms with E-state index in [0.29, 0.717) is 0 Å². The van der Waals surface area contributed by atoms with E-state index in [-0.39, 0.29) is 111 Å². The largest absolute Gasteiger partial charge is 1.00 e. The van der Waals surface area contributed by atoms with E-state index < -0.39 is 0 Å². The van der Waals surface area contributed by atoms with Crippen LogP contribution in [0.5, 0.6) is 0 Å². The number of rotatable bonds is 16. The van der Waals surface area contributed by atoms with E-state index >= 15 is 0 Å². The third-order valence-electron chi connectivity index (χ3n) is 26.0. The summed E-state index contributed by atoms with van der Waals surface area (Å²) in [6.07, 6.45) is 37.7. The van der Waals surface area contributed by atoms with Crippen LogP contribution in [-0.2, 0) is 47.5 Å². The predicted octanol–water partition coefficient (Wildman–Crippen LogP) is 14.1. The van der Waals surface area contributed by atoms with Crippen molar-refractivity contribution in [1.82, 2.24) is 19.9 Å². The Morgan fingerprint density at radius 2 is 0.489 bits per heavy atom. The molecule has 4 aromatic heterocycles. The van der Waals surface area contributed by atoms with Gasteiger partial charge in [0.25, 0.3) is 0 Å². The monoisotopic (exact) mass is 1350 g/mol. The molecule has 4 spiro atoms. The molecule has 0 radical (unpaired) electrons. The molecular formula is C76H105LiN8O2W-4. The fourth-order valence-corrected chi connectivity index (χ4v) is 19.6. The first kappa shape index (κ1) is 69.8. The standard InChI is InChI=1S/2C36H48N4.C4H8O.Li.H2O.W/c1-9-29(10-2)25-17-21-33(37-25)31(13-5,14-6)35(33)23-19-27(39-35)30(11-3,12-4)28-20-24-36(40-28)32(15-7,16-8)34(36)22-18-26(29)38-34;1-9-33(10-2)25-17-19-27(37-25)34(11-3,12-4)29-21-23-31(39-29)36(15-7,16-8)32-24-22-30(40-32)35(13-5,14-6)28-20-18-26(33)38-28;1-2-4-5-3-1;;;/h2*17-24H,9-16H2,1-8H3;1-4H2;;1H2;/q;-4;;+1;;/p-1. The van der Waals surface area contributed by atoms with Crippen molar-refractivity contribution in [1.29, 1.82) is 0 Å². The molecule has 9 aliphatic rings. The predicted molar refractivity (Wildman–Crippen MR) is 356 cm³/mol. The zero-order chi connectivity index (χ0) is 60.7. The minimum absolute atomic E-state index is 0. The van der Waals surface area contributed by atoms with Gasteiger partial charge in [0, 0.05) is 68.0 Å². The molecule has 4 unspecified atom stereocenters. The van der Waals surface area contributed by atoms with Crippen LogP contribution in [0, 0.1) is 21.7 Å². The number of fused-ring (bicyclic) bond motifs is 8. The van der Waals surface area contributed by atoms with Gasteiger partial charge in [0.1, 0.15) is 22.2 Å². The second-order valence-electron chi connectivity index (χ2n) is 26.9. The zero-order valence-electron chi connectivity index (χ0n) is 57.2. The molecule has 1 saturated heterocycles. The summed E-state index contributed by atoms with van der Waals surface area (Å²) in [4.78, 5) is 45.1. The minimum Gasteiger partial charge on any atom is -0.870 e. The number of ether oxygens (including phenoxy) is 1. The van der Waals surface area contributed by atoms with E-state index in [1.54, 1.807) is 0 Å². The molecule has 0 aromatic carbocycles. The van der Waals surface area contributed by atoms with Gasteiger partial charge in [-0.05, 0) is 162 Å². The van der Waals surface area contributed by atoms with Gasteiger partial charge in [0.05, 0.1) is 10.8 Å². The normalized spacial score (nSPS) is 28.1. The van der Waals surface area contributed by atoms with Crippen molar-refractivity contribution in [3.8, 4) is 0 Å². The van der Waals surface area contributed by atoms with Crippen LogP contribution in [0.2, 0.25) is 0 Å². The molecule has 12 heteroatoms. The van der Waals surface area contributed by atoms with E-state index in [2.05, 4.69) is 208 Å². The Balaban J connectivity index is 0.000000204. The van der Waals surface area contributed by atoms with E-state index in [9.17, 15) is 0 Å². The summed E-state index contributed by atoms with van der Waals surface area (Å²) in [5.41, 5.74) is 11.5. The Morgan fingerprint density at radius 1 is 0.307 bits per heavy atom. The molecule has 2 saturated carbocycles. The van der Waals surface area contributed by atoms with Gasteiger partial charge in [0.15, 0.2) is 0 Å². The smallest absolute Gasteiger partial charge is 0.870 e. The number of hydrogen-bond acceptors (Lipinski definition) is 6. The molecular weight excluding hydrogens is 1250 g/mol. The maximum absolute atomic E-state index is 5.81.